The van der Waals surface area contributed by atoms with Crippen molar-refractivity contribution in [1.29, 1.82) is 0 Å². The molecule has 154 valence electrons. The van der Waals surface area contributed by atoms with Crippen LogP contribution in [0, 0.1) is 26.7 Å². The number of aryl methyl sites for hydroxylation is 3. The van der Waals surface area contributed by atoms with Crippen molar-refractivity contribution in [1.82, 2.24) is 10.3 Å². The average Bonchev–Trinajstić information content (AvgIpc) is 3.32. The summed E-state index contributed by atoms with van der Waals surface area (Å²) in [6.45, 7) is 6.90. The summed E-state index contributed by atoms with van der Waals surface area (Å²) in [7, 11) is 0. The predicted molar refractivity (Wildman–Crippen MR) is 121 cm³/mol. The van der Waals surface area contributed by atoms with Gasteiger partial charge in [-0.3, -0.25) is 9.59 Å². The molecule has 5 nitrogen and oxygen atoms in total. The van der Waals surface area contributed by atoms with Crippen LogP contribution in [0.2, 0.25) is 0 Å². The van der Waals surface area contributed by atoms with Gasteiger partial charge in [0.1, 0.15) is 5.01 Å². The molecule has 0 bridgehead atoms. The van der Waals surface area contributed by atoms with E-state index in [1.54, 1.807) is 16.2 Å². The first-order chi connectivity index (χ1) is 14.4. The van der Waals surface area contributed by atoms with Crippen LogP contribution < -0.4 is 10.2 Å². The van der Waals surface area contributed by atoms with Crippen LogP contribution in [0.4, 0.5) is 5.69 Å². The molecule has 0 aliphatic carbocycles. The molecule has 3 aromatic rings. The molecule has 1 saturated heterocycles. The Hall–Kier alpha value is -2.99. The van der Waals surface area contributed by atoms with Gasteiger partial charge in [-0.05, 0) is 44.0 Å². The normalized spacial score (nSPS) is 16.2. The van der Waals surface area contributed by atoms with Gasteiger partial charge in [0.25, 0.3) is 0 Å². The molecule has 0 saturated carbocycles. The number of amides is 2. The molecular weight excluding hydrogens is 394 g/mol. The summed E-state index contributed by atoms with van der Waals surface area (Å²) in [5, 5.41) is 3.97. The van der Waals surface area contributed by atoms with E-state index >= 15 is 0 Å². The minimum Gasteiger partial charge on any atom is -0.351 e. The molecule has 1 aliphatic heterocycles. The van der Waals surface area contributed by atoms with Gasteiger partial charge < -0.3 is 10.2 Å². The predicted octanol–water partition coefficient (Wildman–Crippen LogP) is 4.40. The van der Waals surface area contributed by atoms with Gasteiger partial charge in [0.15, 0.2) is 0 Å². The summed E-state index contributed by atoms with van der Waals surface area (Å²) in [6.07, 6.45) is 0.246. The topological polar surface area (TPSA) is 62.3 Å². The van der Waals surface area contributed by atoms with Crippen LogP contribution in [-0.4, -0.2) is 23.3 Å². The highest BCUT2D eigenvalue weighted by Gasteiger charge is 2.35. The van der Waals surface area contributed by atoms with Crippen LogP contribution in [0.15, 0.2) is 48.5 Å². The van der Waals surface area contributed by atoms with Gasteiger partial charge in [0.2, 0.25) is 11.8 Å². The zero-order chi connectivity index (χ0) is 21.3. The van der Waals surface area contributed by atoms with E-state index in [-0.39, 0.29) is 24.2 Å². The van der Waals surface area contributed by atoms with E-state index in [1.165, 1.54) is 5.56 Å². The molecule has 6 heteroatoms. The minimum atomic E-state index is -0.332. The van der Waals surface area contributed by atoms with Crippen molar-refractivity contribution in [3.8, 4) is 10.6 Å². The summed E-state index contributed by atoms with van der Waals surface area (Å²) in [5.41, 5.74) is 5.20. The zero-order valence-electron chi connectivity index (χ0n) is 17.4. The molecule has 1 aliphatic rings. The summed E-state index contributed by atoms with van der Waals surface area (Å²) >= 11 is 1.59. The van der Waals surface area contributed by atoms with Crippen LogP contribution in [0.25, 0.3) is 10.6 Å². The van der Waals surface area contributed by atoms with Gasteiger partial charge in [0.05, 0.1) is 18.2 Å². The zero-order valence-corrected chi connectivity index (χ0v) is 18.3. The van der Waals surface area contributed by atoms with Crippen LogP contribution in [0.3, 0.4) is 0 Å². The number of aromatic nitrogens is 1. The molecule has 2 heterocycles. The Morgan fingerprint density at radius 2 is 1.90 bits per heavy atom. The molecule has 0 radical (unpaired) electrons. The third-order valence-corrected chi connectivity index (χ3v) is 6.84. The molecule has 1 fully saturated rings. The lowest BCUT2D eigenvalue weighted by molar-refractivity contribution is -0.126. The number of nitrogens with one attached hydrogen (secondary N) is 1. The second-order valence-corrected chi connectivity index (χ2v) is 8.87. The maximum absolute atomic E-state index is 12.7. The Morgan fingerprint density at radius 1 is 1.13 bits per heavy atom. The third-order valence-electron chi connectivity index (χ3n) is 5.63. The number of rotatable bonds is 5. The van der Waals surface area contributed by atoms with Crippen molar-refractivity contribution in [2.45, 2.75) is 33.7 Å². The van der Waals surface area contributed by atoms with E-state index < -0.39 is 0 Å². The standard InChI is InChI=1S/C24H25N3O2S/c1-15-9-10-20(11-16(15)2)27-14-19(12-22(27)28)23(29)25-13-21-17(3)26-24(30-21)18-7-5-4-6-8-18/h4-11,19H,12-14H2,1-3H3,(H,25,29). The van der Waals surface area contributed by atoms with Gasteiger partial charge in [-0.15, -0.1) is 11.3 Å². The lowest BCUT2D eigenvalue weighted by Gasteiger charge is -2.18. The van der Waals surface area contributed by atoms with Crippen molar-refractivity contribution in [3.05, 3.63) is 70.2 Å². The molecule has 1 unspecified atom stereocenters. The van der Waals surface area contributed by atoms with Crippen molar-refractivity contribution >= 4 is 28.8 Å². The van der Waals surface area contributed by atoms with Crippen LogP contribution >= 0.6 is 11.3 Å². The number of nitrogens with zero attached hydrogens (tertiary/aromatic N) is 2. The first-order valence-electron chi connectivity index (χ1n) is 10.1. The average molecular weight is 420 g/mol. The van der Waals surface area contributed by atoms with Gasteiger partial charge in [-0.1, -0.05) is 36.4 Å². The molecule has 30 heavy (non-hydrogen) atoms. The number of thiazole rings is 1. The van der Waals surface area contributed by atoms with Gasteiger partial charge in [0, 0.05) is 29.1 Å². The van der Waals surface area contributed by atoms with E-state index in [2.05, 4.69) is 10.3 Å². The van der Waals surface area contributed by atoms with Crippen molar-refractivity contribution in [2.24, 2.45) is 5.92 Å². The van der Waals surface area contributed by atoms with Crippen molar-refractivity contribution in [3.63, 3.8) is 0 Å². The van der Waals surface area contributed by atoms with Gasteiger partial charge in [-0.2, -0.15) is 0 Å². The Kier molecular flexibility index (Phi) is 5.68. The van der Waals surface area contributed by atoms with Gasteiger partial charge in [-0.25, -0.2) is 4.98 Å². The monoisotopic (exact) mass is 419 g/mol. The fraction of sp³-hybridized carbons (Fsp3) is 0.292. The quantitative estimate of drug-likeness (QED) is 0.667. The summed E-state index contributed by atoms with van der Waals surface area (Å²) in [5.74, 6) is -0.414. The Balaban J connectivity index is 1.40. The Labute approximate surface area is 180 Å². The van der Waals surface area contributed by atoms with Crippen molar-refractivity contribution < 1.29 is 9.59 Å². The summed E-state index contributed by atoms with van der Waals surface area (Å²) in [6, 6.07) is 16.0. The molecule has 0 spiro atoms. The number of carbonyl (C=O) groups excluding carboxylic acids is 2. The Morgan fingerprint density at radius 3 is 2.63 bits per heavy atom. The van der Waals surface area contributed by atoms with Crippen LogP contribution in [-0.2, 0) is 16.1 Å². The molecule has 1 aromatic heterocycles. The highest BCUT2D eigenvalue weighted by Crippen LogP contribution is 2.29. The minimum absolute atomic E-state index is 0.00117. The number of benzene rings is 2. The molecule has 2 aromatic carbocycles. The SMILES string of the molecule is Cc1ccc(N2CC(C(=O)NCc3sc(-c4ccccc4)nc3C)CC2=O)cc1C. The first-order valence-corrected chi connectivity index (χ1v) is 10.9. The number of hydrogen-bond donors (Lipinski definition) is 1. The fourth-order valence-electron chi connectivity index (χ4n) is 3.63. The number of hydrogen-bond acceptors (Lipinski definition) is 4. The van der Waals surface area contributed by atoms with E-state index in [9.17, 15) is 9.59 Å². The second-order valence-electron chi connectivity index (χ2n) is 7.79. The molecule has 2 amide bonds. The second kappa shape index (κ2) is 8.40. The van der Waals surface area contributed by atoms with E-state index in [1.807, 2.05) is 69.3 Å². The van der Waals surface area contributed by atoms with E-state index in [0.717, 1.165) is 32.4 Å². The first kappa shape index (κ1) is 20.3. The molecule has 4 rings (SSSR count). The lowest BCUT2D eigenvalue weighted by Crippen LogP contribution is -2.32. The third kappa shape index (κ3) is 4.14. The summed E-state index contributed by atoms with van der Waals surface area (Å²) in [4.78, 5) is 32.7. The summed E-state index contributed by atoms with van der Waals surface area (Å²) < 4.78 is 0. The lowest BCUT2D eigenvalue weighted by atomic mass is 10.1. The molecule has 1 atom stereocenters. The maximum Gasteiger partial charge on any atom is 0.227 e. The molecular formula is C24H25N3O2S. The van der Waals surface area contributed by atoms with Crippen molar-refractivity contribution in [2.75, 3.05) is 11.4 Å². The number of carbonyl (C=O) groups is 2. The van der Waals surface area contributed by atoms with E-state index in [0.29, 0.717) is 13.1 Å². The fourth-order valence-corrected chi connectivity index (χ4v) is 4.64. The highest BCUT2D eigenvalue weighted by molar-refractivity contribution is 7.15. The largest absolute Gasteiger partial charge is 0.351 e. The van der Waals surface area contributed by atoms with Crippen LogP contribution in [0.1, 0.15) is 28.1 Å². The molecule has 1 N–H and O–H groups in total. The maximum atomic E-state index is 12.7. The Bertz CT molecular complexity index is 1090. The van der Waals surface area contributed by atoms with E-state index in [4.69, 9.17) is 0 Å². The highest BCUT2D eigenvalue weighted by atomic mass is 32.1. The smallest absolute Gasteiger partial charge is 0.227 e. The van der Waals surface area contributed by atoms with Crippen LogP contribution in [0.5, 0.6) is 0 Å². The van der Waals surface area contributed by atoms with Gasteiger partial charge >= 0.3 is 0 Å². The number of anilines is 1.